The van der Waals surface area contributed by atoms with Crippen LogP contribution in [-0.2, 0) is 4.79 Å². The second kappa shape index (κ2) is 8.89. The minimum absolute atomic E-state index is 0.0379. The van der Waals surface area contributed by atoms with Gasteiger partial charge in [0.2, 0.25) is 5.91 Å². The number of amides is 2. The zero-order chi connectivity index (χ0) is 22.0. The summed E-state index contributed by atoms with van der Waals surface area (Å²) in [5, 5.41) is 3.14. The third-order valence-corrected chi connectivity index (χ3v) is 6.16. The molecule has 0 radical (unpaired) electrons. The smallest absolute Gasteiger partial charge is 0.256 e. The van der Waals surface area contributed by atoms with Gasteiger partial charge in [0, 0.05) is 25.2 Å². The van der Waals surface area contributed by atoms with Crippen molar-refractivity contribution in [3.05, 3.63) is 72.3 Å². The molecule has 1 saturated heterocycles. The van der Waals surface area contributed by atoms with Crippen molar-refractivity contribution in [2.75, 3.05) is 13.1 Å². The molecule has 7 heteroatoms. The highest BCUT2D eigenvalue weighted by atomic mass is 16.2. The summed E-state index contributed by atoms with van der Waals surface area (Å²) in [7, 11) is 0. The quantitative estimate of drug-likeness (QED) is 0.664. The third-order valence-electron chi connectivity index (χ3n) is 6.16. The average Bonchev–Trinajstić information content (AvgIpc) is 3.27. The Morgan fingerprint density at radius 2 is 1.94 bits per heavy atom. The van der Waals surface area contributed by atoms with Crippen LogP contribution in [-0.4, -0.2) is 51.3 Å². The van der Waals surface area contributed by atoms with E-state index in [1.165, 1.54) is 0 Å². The first kappa shape index (κ1) is 21.1. The van der Waals surface area contributed by atoms with Gasteiger partial charge in [0.15, 0.2) is 0 Å². The molecule has 7 nitrogen and oxygen atoms in total. The van der Waals surface area contributed by atoms with Crippen LogP contribution >= 0.6 is 0 Å². The highest BCUT2D eigenvalue weighted by molar-refractivity contribution is 6.00. The number of rotatable bonds is 5. The summed E-state index contributed by atoms with van der Waals surface area (Å²) in [6, 6.07) is 13.0. The number of pyridine rings is 1. The van der Waals surface area contributed by atoms with Crippen LogP contribution in [0.25, 0.3) is 5.52 Å². The Bertz CT molecular complexity index is 1060. The molecule has 2 aromatic heterocycles. The summed E-state index contributed by atoms with van der Waals surface area (Å²) in [5.41, 5.74) is 8.65. The zero-order valence-electron chi connectivity index (χ0n) is 17.9. The van der Waals surface area contributed by atoms with Crippen molar-refractivity contribution in [3.63, 3.8) is 0 Å². The van der Waals surface area contributed by atoms with E-state index in [2.05, 4.69) is 22.4 Å². The monoisotopic (exact) mass is 419 g/mol. The van der Waals surface area contributed by atoms with Gasteiger partial charge in [-0.1, -0.05) is 44.2 Å². The van der Waals surface area contributed by atoms with Gasteiger partial charge >= 0.3 is 0 Å². The summed E-state index contributed by atoms with van der Waals surface area (Å²) >= 11 is 0. The molecule has 3 aromatic rings. The van der Waals surface area contributed by atoms with Gasteiger partial charge in [-0.25, -0.2) is 4.98 Å². The first-order valence-corrected chi connectivity index (χ1v) is 10.8. The maximum absolute atomic E-state index is 13.4. The molecule has 1 aromatic carbocycles. The largest absolute Gasteiger partial charge is 0.350 e. The van der Waals surface area contributed by atoms with E-state index in [0.29, 0.717) is 18.7 Å². The number of nitrogens with one attached hydrogen (secondary N) is 1. The van der Waals surface area contributed by atoms with Gasteiger partial charge < -0.3 is 20.4 Å². The average molecular weight is 420 g/mol. The lowest BCUT2D eigenvalue weighted by Gasteiger charge is -2.40. The molecule has 162 valence electrons. The van der Waals surface area contributed by atoms with Crippen LogP contribution in [0.3, 0.4) is 0 Å². The van der Waals surface area contributed by atoms with Gasteiger partial charge in [0.1, 0.15) is 0 Å². The molecule has 1 fully saturated rings. The fourth-order valence-corrected chi connectivity index (χ4v) is 4.26. The van der Waals surface area contributed by atoms with Crippen LogP contribution in [0.15, 0.2) is 61.2 Å². The van der Waals surface area contributed by atoms with E-state index in [0.717, 1.165) is 17.5 Å². The minimum Gasteiger partial charge on any atom is -0.350 e. The summed E-state index contributed by atoms with van der Waals surface area (Å²) in [5.74, 6) is -0.0616. The Balaban J connectivity index is 1.59. The van der Waals surface area contributed by atoms with Gasteiger partial charge in [0.25, 0.3) is 5.91 Å². The molecule has 3 heterocycles. The minimum atomic E-state index is -0.581. The second-order valence-electron chi connectivity index (χ2n) is 8.55. The number of piperidine rings is 1. The van der Waals surface area contributed by atoms with Crippen molar-refractivity contribution >= 4 is 17.3 Å². The van der Waals surface area contributed by atoms with Gasteiger partial charge in [-0.15, -0.1) is 0 Å². The fraction of sp³-hybridized carbons (Fsp3) is 0.375. The molecule has 2 amide bonds. The zero-order valence-corrected chi connectivity index (χ0v) is 17.9. The normalized spacial score (nSPS) is 20.1. The van der Waals surface area contributed by atoms with Crippen LogP contribution in [0, 0.1) is 5.92 Å². The Hall–Kier alpha value is -3.19. The number of likely N-dealkylation sites (tertiary alicyclic amines) is 1. The SMILES string of the molecule is CC(C)[C@H](N)C(=O)N[C@@H]1CN(C(=O)c2cccn3cncc23)CC[C@H]1c1ccccc1. The van der Waals surface area contributed by atoms with Crippen molar-refractivity contribution in [3.8, 4) is 0 Å². The summed E-state index contributed by atoms with van der Waals surface area (Å²) in [6.45, 7) is 4.92. The number of nitrogens with two attached hydrogens (primary N) is 1. The van der Waals surface area contributed by atoms with Crippen molar-refractivity contribution < 1.29 is 9.59 Å². The number of hydrogen-bond donors (Lipinski definition) is 2. The predicted octanol–water partition coefficient (Wildman–Crippen LogP) is 2.43. The van der Waals surface area contributed by atoms with Crippen molar-refractivity contribution in [2.45, 2.75) is 38.3 Å². The number of benzene rings is 1. The van der Waals surface area contributed by atoms with Crippen LogP contribution in [0.5, 0.6) is 0 Å². The molecule has 1 aliphatic rings. The van der Waals surface area contributed by atoms with Crippen molar-refractivity contribution in [1.29, 1.82) is 0 Å². The van der Waals surface area contributed by atoms with Crippen LogP contribution in [0.4, 0.5) is 0 Å². The van der Waals surface area contributed by atoms with Gasteiger partial charge in [-0.05, 0) is 30.0 Å². The lowest BCUT2D eigenvalue weighted by molar-refractivity contribution is -0.124. The Kier molecular flexibility index (Phi) is 6.04. The molecule has 1 aliphatic heterocycles. The third kappa shape index (κ3) is 4.32. The van der Waals surface area contributed by atoms with E-state index in [9.17, 15) is 9.59 Å². The fourth-order valence-electron chi connectivity index (χ4n) is 4.26. The van der Waals surface area contributed by atoms with Crippen LogP contribution < -0.4 is 11.1 Å². The van der Waals surface area contributed by atoms with E-state index in [1.807, 2.05) is 59.7 Å². The maximum Gasteiger partial charge on any atom is 0.256 e. The van der Waals surface area contributed by atoms with Crippen molar-refractivity contribution in [2.24, 2.45) is 11.7 Å². The van der Waals surface area contributed by atoms with Gasteiger partial charge in [-0.3, -0.25) is 9.59 Å². The van der Waals surface area contributed by atoms with Crippen LogP contribution in [0.1, 0.15) is 42.1 Å². The molecule has 31 heavy (non-hydrogen) atoms. The summed E-state index contributed by atoms with van der Waals surface area (Å²) in [4.78, 5) is 32.1. The molecule has 3 atom stereocenters. The topological polar surface area (TPSA) is 92.7 Å². The standard InChI is InChI=1S/C24H29N5O2/c1-16(2)22(25)23(30)27-20-14-28(12-10-18(20)17-7-4-3-5-8-17)24(31)19-9-6-11-29-15-26-13-21(19)29/h3-9,11,13,15-16,18,20,22H,10,12,14,25H2,1-2H3,(H,27,30)/t18-,20+,22-/m0/s1. The number of fused-ring (bicyclic) bond motifs is 1. The number of carbonyl (C=O) groups is 2. The van der Waals surface area contributed by atoms with Gasteiger partial charge in [0.05, 0.1) is 35.7 Å². The highest BCUT2D eigenvalue weighted by Gasteiger charge is 2.35. The Morgan fingerprint density at radius 3 is 2.68 bits per heavy atom. The Morgan fingerprint density at radius 1 is 1.16 bits per heavy atom. The van der Waals surface area contributed by atoms with E-state index < -0.39 is 6.04 Å². The molecule has 0 spiro atoms. The summed E-state index contributed by atoms with van der Waals surface area (Å²) in [6.07, 6.45) is 6.02. The molecule has 0 saturated carbocycles. The van der Waals surface area contributed by atoms with Crippen molar-refractivity contribution in [1.82, 2.24) is 19.6 Å². The second-order valence-corrected chi connectivity index (χ2v) is 8.55. The van der Waals surface area contributed by atoms with E-state index in [-0.39, 0.29) is 29.7 Å². The summed E-state index contributed by atoms with van der Waals surface area (Å²) < 4.78 is 1.84. The Labute approximate surface area is 182 Å². The molecular formula is C24H29N5O2. The number of imidazole rings is 1. The van der Waals surface area contributed by atoms with Gasteiger partial charge in [-0.2, -0.15) is 0 Å². The molecule has 3 N–H and O–H groups in total. The number of aromatic nitrogens is 2. The molecular weight excluding hydrogens is 390 g/mol. The predicted molar refractivity (Wildman–Crippen MR) is 120 cm³/mol. The van der Waals surface area contributed by atoms with Crippen LogP contribution in [0.2, 0.25) is 0 Å². The van der Waals surface area contributed by atoms with E-state index >= 15 is 0 Å². The molecule has 4 rings (SSSR count). The molecule has 0 aliphatic carbocycles. The number of hydrogen-bond acceptors (Lipinski definition) is 4. The number of nitrogens with zero attached hydrogens (tertiary/aromatic N) is 3. The lowest BCUT2D eigenvalue weighted by Crippen LogP contribution is -2.56. The molecule has 0 unspecified atom stereocenters. The van der Waals surface area contributed by atoms with E-state index in [4.69, 9.17) is 5.73 Å². The first-order chi connectivity index (χ1) is 15.0. The number of carbonyl (C=O) groups excluding carboxylic acids is 2. The molecule has 0 bridgehead atoms. The lowest BCUT2D eigenvalue weighted by atomic mass is 9.84. The first-order valence-electron chi connectivity index (χ1n) is 10.8. The highest BCUT2D eigenvalue weighted by Crippen LogP contribution is 2.29. The maximum atomic E-state index is 13.4. The van der Waals surface area contributed by atoms with E-state index in [1.54, 1.807) is 12.5 Å².